The van der Waals surface area contributed by atoms with E-state index in [4.69, 9.17) is 11.6 Å². The number of halogens is 5. The average molecular weight is 529 g/mol. The topological polar surface area (TPSA) is 58.5 Å². The molecular formula is C18H21ClF3IN4O. The van der Waals surface area contributed by atoms with E-state index in [0.717, 1.165) is 17.5 Å². The van der Waals surface area contributed by atoms with Crippen LogP contribution in [0.5, 0.6) is 5.75 Å². The maximum atomic E-state index is 12.1. The Labute approximate surface area is 183 Å². The molecular weight excluding hydrogens is 508 g/mol. The highest BCUT2D eigenvalue weighted by Gasteiger charge is 2.28. The van der Waals surface area contributed by atoms with Gasteiger partial charge in [-0.15, -0.1) is 24.0 Å². The van der Waals surface area contributed by atoms with E-state index in [2.05, 4.69) is 25.3 Å². The smallest absolute Gasteiger partial charge is 0.422 e. The van der Waals surface area contributed by atoms with Crippen LogP contribution >= 0.6 is 35.6 Å². The van der Waals surface area contributed by atoms with Crippen molar-refractivity contribution in [3.8, 4) is 5.75 Å². The van der Waals surface area contributed by atoms with E-state index < -0.39 is 12.8 Å². The molecule has 0 spiro atoms. The van der Waals surface area contributed by atoms with Crippen LogP contribution in [0.4, 0.5) is 13.2 Å². The monoisotopic (exact) mass is 528 g/mol. The Morgan fingerprint density at radius 3 is 2.36 bits per heavy atom. The molecule has 0 saturated heterocycles. The third-order valence-electron chi connectivity index (χ3n) is 3.50. The Kier molecular flexibility index (Phi) is 10.4. The predicted octanol–water partition coefficient (Wildman–Crippen LogP) is 4.20. The summed E-state index contributed by atoms with van der Waals surface area (Å²) in [6, 6.07) is 10.1. The number of ether oxygens (including phenoxy) is 1. The molecule has 0 aliphatic rings. The summed E-state index contributed by atoms with van der Waals surface area (Å²) in [6.07, 6.45) is -1.86. The summed E-state index contributed by atoms with van der Waals surface area (Å²) in [5.41, 5.74) is 1.94. The number of hydrogen-bond donors (Lipinski definition) is 2. The number of pyridine rings is 1. The van der Waals surface area contributed by atoms with Gasteiger partial charge in [-0.1, -0.05) is 29.8 Å². The summed E-state index contributed by atoms with van der Waals surface area (Å²) in [4.78, 5) is 8.16. The number of nitrogens with zero attached hydrogens (tertiary/aromatic N) is 2. The Hall–Kier alpha value is -1.75. The van der Waals surface area contributed by atoms with E-state index in [0.29, 0.717) is 24.2 Å². The first-order chi connectivity index (χ1) is 12.9. The maximum Gasteiger partial charge on any atom is 0.422 e. The van der Waals surface area contributed by atoms with Crippen molar-refractivity contribution < 1.29 is 17.9 Å². The molecule has 2 aromatic rings. The van der Waals surface area contributed by atoms with Gasteiger partial charge in [0.05, 0.1) is 0 Å². The largest absolute Gasteiger partial charge is 0.484 e. The van der Waals surface area contributed by atoms with Crippen LogP contribution in [-0.4, -0.2) is 37.3 Å². The molecule has 1 aromatic heterocycles. The van der Waals surface area contributed by atoms with Gasteiger partial charge in [-0.25, -0.2) is 4.98 Å². The number of nitrogens with one attached hydrogen (secondary N) is 2. The van der Waals surface area contributed by atoms with E-state index in [1.807, 2.05) is 6.07 Å². The number of aromatic nitrogens is 1. The molecule has 5 nitrogen and oxygen atoms in total. The average Bonchev–Trinajstić information content (AvgIpc) is 2.64. The Morgan fingerprint density at radius 1 is 1.11 bits per heavy atom. The number of aliphatic imine (C=N–C) groups is 1. The number of guanidine groups is 1. The van der Waals surface area contributed by atoms with Crippen molar-refractivity contribution in [1.82, 2.24) is 15.6 Å². The maximum absolute atomic E-state index is 12.1. The zero-order valence-electron chi connectivity index (χ0n) is 15.1. The van der Waals surface area contributed by atoms with E-state index in [1.165, 1.54) is 12.1 Å². The molecule has 1 aromatic carbocycles. The molecule has 28 heavy (non-hydrogen) atoms. The summed E-state index contributed by atoms with van der Waals surface area (Å²) in [7, 11) is 1.66. The molecule has 2 N–H and O–H groups in total. The second-order valence-electron chi connectivity index (χ2n) is 5.64. The van der Waals surface area contributed by atoms with Gasteiger partial charge in [0.1, 0.15) is 10.9 Å². The van der Waals surface area contributed by atoms with Crippen molar-refractivity contribution in [3.63, 3.8) is 0 Å². The minimum Gasteiger partial charge on any atom is -0.484 e. The summed E-state index contributed by atoms with van der Waals surface area (Å²) >= 11 is 5.75. The van der Waals surface area contributed by atoms with E-state index in [9.17, 15) is 13.2 Å². The minimum absolute atomic E-state index is 0. The zero-order chi connectivity index (χ0) is 19.7. The number of rotatable bonds is 7. The molecule has 0 amide bonds. The molecule has 0 bridgehead atoms. The van der Waals surface area contributed by atoms with Gasteiger partial charge in [0.2, 0.25) is 0 Å². The molecule has 0 aliphatic carbocycles. The van der Waals surface area contributed by atoms with E-state index in [-0.39, 0.29) is 29.7 Å². The van der Waals surface area contributed by atoms with Gasteiger partial charge in [-0.05, 0) is 35.7 Å². The van der Waals surface area contributed by atoms with Crippen molar-refractivity contribution in [2.24, 2.45) is 4.99 Å². The van der Waals surface area contributed by atoms with Gasteiger partial charge in [-0.2, -0.15) is 13.2 Å². The summed E-state index contributed by atoms with van der Waals surface area (Å²) in [5, 5.41) is 6.78. The Morgan fingerprint density at radius 2 is 1.79 bits per heavy atom. The fourth-order valence-corrected chi connectivity index (χ4v) is 2.27. The minimum atomic E-state index is -4.35. The van der Waals surface area contributed by atoms with Crippen molar-refractivity contribution in [1.29, 1.82) is 0 Å². The lowest BCUT2D eigenvalue weighted by atomic mass is 10.2. The van der Waals surface area contributed by atoms with Crippen LogP contribution in [0.15, 0.2) is 47.6 Å². The summed E-state index contributed by atoms with van der Waals surface area (Å²) in [5.74, 6) is 0.796. The number of hydrogen-bond acceptors (Lipinski definition) is 3. The number of alkyl halides is 3. The van der Waals surface area contributed by atoms with Gasteiger partial charge in [-0.3, -0.25) is 4.99 Å². The Bertz CT molecular complexity index is 740. The first kappa shape index (κ1) is 24.3. The fraction of sp³-hybridized carbons (Fsp3) is 0.333. The molecule has 10 heteroatoms. The van der Waals surface area contributed by atoms with Crippen LogP contribution in [0, 0.1) is 0 Å². The predicted molar refractivity (Wildman–Crippen MR) is 115 cm³/mol. The molecule has 0 unspecified atom stereocenters. The van der Waals surface area contributed by atoms with Gasteiger partial charge in [0, 0.05) is 26.3 Å². The highest BCUT2D eigenvalue weighted by atomic mass is 127. The van der Waals surface area contributed by atoms with Crippen LogP contribution in [0.25, 0.3) is 0 Å². The lowest BCUT2D eigenvalue weighted by Gasteiger charge is -2.13. The first-order valence-electron chi connectivity index (χ1n) is 8.19. The number of benzene rings is 1. The molecule has 0 radical (unpaired) electrons. The van der Waals surface area contributed by atoms with Crippen LogP contribution < -0.4 is 15.4 Å². The summed E-state index contributed by atoms with van der Waals surface area (Å²) in [6.45, 7) is -0.167. The highest BCUT2D eigenvalue weighted by molar-refractivity contribution is 14.0. The second kappa shape index (κ2) is 11.9. The van der Waals surface area contributed by atoms with Gasteiger partial charge in [0.25, 0.3) is 0 Å². The molecule has 1 heterocycles. The van der Waals surface area contributed by atoms with Crippen LogP contribution in [-0.2, 0) is 13.0 Å². The Balaban J connectivity index is 0.00000392. The fourth-order valence-electron chi connectivity index (χ4n) is 2.15. The normalized spacial score (nSPS) is 11.5. The lowest BCUT2D eigenvalue weighted by molar-refractivity contribution is -0.153. The molecule has 154 valence electrons. The standard InChI is InChI=1S/C18H20ClF3N4O.HI/c1-23-17(24-9-8-14-4-7-16(19)25-10-14)26-11-13-2-5-15(6-3-13)27-12-18(20,21)22;/h2-7,10H,8-9,11-12H2,1H3,(H2,23,24,26);1H. The highest BCUT2D eigenvalue weighted by Crippen LogP contribution is 2.18. The van der Waals surface area contributed by atoms with E-state index >= 15 is 0 Å². The third kappa shape index (κ3) is 9.45. The van der Waals surface area contributed by atoms with Crippen LogP contribution in [0.3, 0.4) is 0 Å². The van der Waals surface area contributed by atoms with Crippen LogP contribution in [0.1, 0.15) is 11.1 Å². The van der Waals surface area contributed by atoms with Crippen molar-refractivity contribution >= 4 is 41.5 Å². The quantitative estimate of drug-likeness (QED) is 0.245. The SMILES string of the molecule is CN=C(NCCc1ccc(Cl)nc1)NCc1ccc(OCC(F)(F)F)cc1.I. The van der Waals surface area contributed by atoms with Crippen molar-refractivity contribution in [2.45, 2.75) is 19.1 Å². The van der Waals surface area contributed by atoms with Gasteiger partial charge < -0.3 is 15.4 Å². The molecule has 0 saturated carbocycles. The van der Waals surface area contributed by atoms with Crippen molar-refractivity contribution in [2.75, 3.05) is 20.2 Å². The van der Waals surface area contributed by atoms with Gasteiger partial charge in [0.15, 0.2) is 12.6 Å². The molecule has 0 atom stereocenters. The molecule has 0 aliphatic heterocycles. The second-order valence-corrected chi connectivity index (χ2v) is 6.03. The van der Waals surface area contributed by atoms with E-state index in [1.54, 1.807) is 31.4 Å². The molecule has 2 rings (SSSR count). The van der Waals surface area contributed by atoms with Crippen LogP contribution in [0.2, 0.25) is 5.15 Å². The summed E-state index contributed by atoms with van der Waals surface area (Å²) < 4.78 is 41.1. The van der Waals surface area contributed by atoms with Crippen molar-refractivity contribution in [3.05, 3.63) is 58.9 Å². The molecule has 0 fully saturated rings. The first-order valence-corrected chi connectivity index (χ1v) is 8.57. The lowest BCUT2D eigenvalue weighted by Crippen LogP contribution is -2.37. The van der Waals surface area contributed by atoms with Gasteiger partial charge >= 0.3 is 6.18 Å². The third-order valence-corrected chi connectivity index (χ3v) is 3.73. The zero-order valence-corrected chi connectivity index (χ0v) is 18.2.